The van der Waals surface area contributed by atoms with Crippen LogP contribution in [0.2, 0.25) is 0 Å². The van der Waals surface area contributed by atoms with E-state index in [1.54, 1.807) is 6.92 Å². The number of aromatic nitrogens is 1. The molecule has 0 aliphatic heterocycles. The van der Waals surface area contributed by atoms with Crippen LogP contribution in [0.5, 0.6) is 0 Å². The molecule has 0 aromatic carbocycles. The average Bonchev–Trinajstić information content (AvgIpc) is 2.18. The summed E-state index contributed by atoms with van der Waals surface area (Å²) in [6.07, 6.45) is 6.06. The van der Waals surface area contributed by atoms with Crippen LogP contribution in [0.25, 0.3) is 0 Å². The van der Waals surface area contributed by atoms with Gasteiger partial charge in [0.15, 0.2) is 0 Å². The van der Waals surface area contributed by atoms with Crippen molar-refractivity contribution in [2.24, 2.45) is 0 Å². The Kier molecular flexibility index (Phi) is 3.19. The maximum absolute atomic E-state index is 12.5. The normalized spacial score (nSPS) is 11.5. The van der Waals surface area contributed by atoms with Crippen molar-refractivity contribution in [3.63, 3.8) is 0 Å². The van der Waals surface area contributed by atoms with Gasteiger partial charge >= 0.3 is 0 Å². The highest BCUT2D eigenvalue weighted by atomic mass is 19.1. The van der Waals surface area contributed by atoms with E-state index in [0.717, 1.165) is 6.20 Å². The molecule has 0 bridgehead atoms. The lowest BCUT2D eigenvalue weighted by Crippen LogP contribution is -2.31. The fraction of sp³-hybridized carbons (Fsp3) is 0.200. The van der Waals surface area contributed by atoms with Crippen molar-refractivity contribution in [2.75, 3.05) is 0 Å². The van der Waals surface area contributed by atoms with Gasteiger partial charge in [0.2, 0.25) is 0 Å². The number of carbonyl (C=O) groups excluding carboxylic acids is 1. The van der Waals surface area contributed by atoms with E-state index in [-0.39, 0.29) is 11.7 Å². The van der Waals surface area contributed by atoms with Gasteiger partial charge in [0.25, 0.3) is 5.91 Å². The highest BCUT2D eigenvalue weighted by molar-refractivity contribution is 5.92. The van der Waals surface area contributed by atoms with Gasteiger partial charge in [-0.2, -0.15) is 0 Å². The number of hydrogen-bond donors (Lipinski definition) is 1. The third-order valence-corrected chi connectivity index (χ3v) is 1.56. The monoisotopic (exact) mass is 192 g/mol. The Hall–Kier alpha value is -1.89. The lowest BCUT2D eigenvalue weighted by Gasteiger charge is -2.06. The summed E-state index contributed by atoms with van der Waals surface area (Å²) >= 11 is 0. The predicted octanol–water partition coefficient (Wildman–Crippen LogP) is 0.972. The number of amides is 1. The molecule has 1 aromatic heterocycles. The van der Waals surface area contributed by atoms with E-state index in [0.29, 0.717) is 0 Å². The first-order valence-electron chi connectivity index (χ1n) is 4.02. The molecule has 0 fully saturated rings. The second kappa shape index (κ2) is 4.38. The third kappa shape index (κ3) is 2.56. The molecule has 1 atom stereocenters. The number of nitrogens with zero attached hydrogens (tertiary/aromatic N) is 1. The molecule has 1 amide bonds. The number of hydrogen-bond acceptors (Lipinski definition) is 2. The van der Waals surface area contributed by atoms with Gasteiger partial charge in [-0.05, 0) is 19.1 Å². The molecule has 1 rings (SSSR count). The summed E-state index contributed by atoms with van der Waals surface area (Å²) in [6.45, 7) is 1.67. The van der Waals surface area contributed by atoms with Gasteiger partial charge in [-0.15, -0.1) is 6.42 Å². The van der Waals surface area contributed by atoms with Crippen LogP contribution in [0.15, 0.2) is 18.3 Å². The van der Waals surface area contributed by atoms with Gasteiger partial charge in [-0.25, -0.2) is 9.37 Å². The summed E-state index contributed by atoms with van der Waals surface area (Å²) in [5.74, 6) is 1.46. The van der Waals surface area contributed by atoms with E-state index in [4.69, 9.17) is 6.42 Å². The second-order valence-electron chi connectivity index (χ2n) is 2.72. The van der Waals surface area contributed by atoms with E-state index in [1.807, 2.05) is 0 Å². The fourth-order valence-electron chi connectivity index (χ4n) is 0.822. The molecule has 0 aliphatic rings. The molecule has 14 heavy (non-hydrogen) atoms. The third-order valence-electron chi connectivity index (χ3n) is 1.56. The SMILES string of the molecule is C#CC(C)NC(=O)c1ccc(F)cn1. The first-order valence-corrected chi connectivity index (χ1v) is 4.02. The summed E-state index contributed by atoms with van der Waals surface area (Å²) in [7, 11) is 0. The first kappa shape index (κ1) is 10.2. The van der Waals surface area contributed by atoms with E-state index in [2.05, 4.69) is 16.2 Å². The quantitative estimate of drug-likeness (QED) is 0.709. The van der Waals surface area contributed by atoms with E-state index in [1.165, 1.54) is 12.1 Å². The van der Waals surface area contributed by atoms with Crippen LogP contribution in [-0.4, -0.2) is 16.9 Å². The smallest absolute Gasteiger partial charge is 0.270 e. The minimum absolute atomic E-state index is 0.147. The van der Waals surface area contributed by atoms with Gasteiger partial charge in [0, 0.05) is 0 Å². The molecule has 4 heteroatoms. The minimum atomic E-state index is -0.480. The molecule has 1 aromatic rings. The summed E-state index contributed by atoms with van der Waals surface area (Å²) in [6, 6.07) is 2.10. The van der Waals surface area contributed by atoms with Crippen LogP contribution in [0.1, 0.15) is 17.4 Å². The van der Waals surface area contributed by atoms with Gasteiger partial charge in [-0.1, -0.05) is 5.92 Å². The zero-order chi connectivity index (χ0) is 10.6. The Labute approximate surface area is 81.4 Å². The predicted molar refractivity (Wildman–Crippen MR) is 50.0 cm³/mol. The van der Waals surface area contributed by atoms with E-state index in [9.17, 15) is 9.18 Å². The van der Waals surface area contributed by atoms with E-state index < -0.39 is 11.7 Å². The molecule has 0 radical (unpaired) electrons. The van der Waals surface area contributed by atoms with Crippen LogP contribution in [-0.2, 0) is 0 Å². The van der Waals surface area contributed by atoms with Crippen LogP contribution in [0.4, 0.5) is 4.39 Å². The van der Waals surface area contributed by atoms with Crippen LogP contribution in [0.3, 0.4) is 0 Å². The fourth-order valence-corrected chi connectivity index (χ4v) is 0.822. The molecule has 3 nitrogen and oxygen atoms in total. The van der Waals surface area contributed by atoms with Crippen LogP contribution >= 0.6 is 0 Å². The molecule has 0 spiro atoms. The molecule has 72 valence electrons. The first-order chi connectivity index (χ1) is 6.63. The van der Waals surface area contributed by atoms with Crippen molar-refractivity contribution in [2.45, 2.75) is 13.0 Å². The molecule has 1 unspecified atom stereocenters. The number of carbonyl (C=O) groups is 1. The topological polar surface area (TPSA) is 42.0 Å². The van der Waals surface area contributed by atoms with Crippen LogP contribution in [0, 0.1) is 18.2 Å². The maximum Gasteiger partial charge on any atom is 0.270 e. The number of halogens is 1. The highest BCUT2D eigenvalue weighted by Crippen LogP contribution is 1.98. The molecule has 1 N–H and O–H groups in total. The second-order valence-corrected chi connectivity index (χ2v) is 2.72. The summed E-state index contributed by atoms with van der Waals surface area (Å²) in [4.78, 5) is 14.9. The largest absolute Gasteiger partial charge is 0.337 e. The Morgan fingerprint density at radius 2 is 2.43 bits per heavy atom. The van der Waals surface area contributed by atoms with Crippen molar-refractivity contribution < 1.29 is 9.18 Å². The Morgan fingerprint density at radius 1 is 1.71 bits per heavy atom. The number of nitrogens with one attached hydrogen (secondary N) is 1. The highest BCUT2D eigenvalue weighted by Gasteiger charge is 2.08. The zero-order valence-electron chi connectivity index (χ0n) is 7.62. The Balaban J connectivity index is 2.71. The molecular formula is C10H9FN2O. The number of terminal acetylenes is 1. The van der Waals surface area contributed by atoms with Gasteiger partial charge in [0.05, 0.1) is 12.2 Å². The summed E-state index contributed by atoms with van der Waals surface area (Å²) < 4.78 is 12.5. The lowest BCUT2D eigenvalue weighted by atomic mass is 10.3. The van der Waals surface area contributed by atoms with Gasteiger partial charge < -0.3 is 5.32 Å². The zero-order valence-corrected chi connectivity index (χ0v) is 7.62. The van der Waals surface area contributed by atoms with Crippen molar-refractivity contribution in [3.8, 4) is 12.3 Å². The van der Waals surface area contributed by atoms with Gasteiger partial charge in [0.1, 0.15) is 11.5 Å². The van der Waals surface area contributed by atoms with Crippen molar-refractivity contribution in [1.29, 1.82) is 0 Å². The van der Waals surface area contributed by atoms with Crippen molar-refractivity contribution in [3.05, 3.63) is 29.8 Å². The number of rotatable bonds is 2. The summed E-state index contributed by atoms with van der Waals surface area (Å²) in [5.41, 5.74) is 0.147. The summed E-state index contributed by atoms with van der Waals surface area (Å²) in [5, 5.41) is 2.51. The molecular weight excluding hydrogens is 183 g/mol. The average molecular weight is 192 g/mol. The number of pyridine rings is 1. The van der Waals surface area contributed by atoms with Gasteiger partial charge in [-0.3, -0.25) is 4.79 Å². The Morgan fingerprint density at radius 3 is 2.93 bits per heavy atom. The standard InChI is InChI=1S/C10H9FN2O/c1-3-7(2)13-10(14)9-5-4-8(11)6-12-9/h1,4-7H,2H3,(H,13,14). The lowest BCUT2D eigenvalue weighted by molar-refractivity contribution is 0.0943. The minimum Gasteiger partial charge on any atom is -0.337 e. The maximum atomic E-state index is 12.5. The molecule has 0 saturated heterocycles. The van der Waals surface area contributed by atoms with Crippen molar-refractivity contribution >= 4 is 5.91 Å². The van der Waals surface area contributed by atoms with Crippen LogP contribution < -0.4 is 5.32 Å². The molecule has 1 heterocycles. The van der Waals surface area contributed by atoms with Crippen molar-refractivity contribution in [1.82, 2.24) is 10.3 Å². The Bertz CT molecular complexity index is 367. The van der Waals surface area contributed by atoms with E-state index >= 15 is 0 Å². The molecule has 0 saturated carbocycles. The molecule has 0 aliphatic carbocycles.